The third kappa shape index (κ3) is 2.96. The van der Waals surface area contributed by atoms with Gasteiger partial charge in [0.25, 0.3) is 0 Å². The predicted octanol–water partition coefficient (Wildman–Crippen LogP) is 4.17. The lowest BCUT2D eigenvalue weighted by Crippen LogP contribution is -2.44. The van der Waals surface area contributed by atoms with Crippen LogP contribution in [-0.2, 0) is 5.41 Å². The van der Waals surface area contributed by atoms with Gasteiger partial charge in [0, 0.05) is 0 Å². The molecule has 2 fully saturated rings. The van der Waals surface area contributed by atoms with Gasteiger partial charge in [-0.3, -0.25) is 0 Å². The van der Waals surface area contributed by atoms with Gasteiger partial charge in [0.05, 0.1) is 15.6 Å². The molecule has 4 heteroatoms. The highest BCUT2D eigenvalue weighted by Gasteiger charge is 2.46. The third-order valence-corrected chi connectivity index (χ3v) is 6.29. The molecule has 3 rings (SSSR count). The molecule has 1 unspecified atom stereocenters. The van der Waals surface area contributed by atoms with E-state index in [1.54, 1.807) is 0 Å². The van der Waals surface area contributed by atoms with Crippen LogP contribution in [0, 0.1) is 5.92 Å². The first-order valence-electron chi connectivity index (χ1n) is 7.82. The van der Waals surface area contributed by atoms with Crippen molar-refractivity contribution in [3.05, 3.63) is 33.8 Å². The first-order valence-corrected chi connectivity index (χ1v) is 8.57. The van der Waals surface area contributed by atoms with Crippen molar-refractivity contribution in [2.45, 2.75) is 50.0 Å². The molecule has 1 aromatic rings. The number of rotatable bonds is 2. The van der Waals surface area contributed by atoms with Crippen LogP contribution in [0.5, 0.6) is 0 Å². The normalized spacial score (nSPS) is 36.9. The Morgan fingerprint density at radius 2 is 1.86 bits per heavy atom. The van der Waals surface area contributed by atoms with Crippen molar-refractivity contribution in [3.63, 3.8) is 0 Å². The molecule has 1 aliphatic carbocycles. The number of nitrogens with one attached hydrogen (secondary N) is 1. The monoisotopic (exact) mass is 327 g/mol. The molecule has 116 valence electrons. The topological polar surface area (TPSA) is 32.3 Å². The molecule has 0 amide bonds. The van der Waals surface area contributed by atoms with E-state index in [0.717, 1.165) is 38.8 Å². The first-order chi connectivity index (χ1) is 9.93. The van der Waals surface area contributed by atoms with Gasteiger partial charge in [-0.15, -0.1) is 0 Å². The molecule has 0 aromatic heterocycles. The molecule has 1 atom stereocenters. The Balaban J connectivity index is 1.98. The molecule has 1 saturated heterocycles. The van der Waals surface area contributed by atoms with Gasteiger partial charge in [-0.2, -0.15) is 0 Å². The van der Waals surface area contributed by atoms with Crippen LogP contribution in [-0.4, -0.2) is 23.8 Å². The van der Waals surface area contributed by atoms with E-state index in [9.17, 15) is 5.11 Å². The van der Waals surface area contributed by atoms with Crippen molar-refractivity contribution >= 4 is 23.2 Å². The third-order valence-electron chi connectivity index (χ3n) is 5.56. The molecule has 0 radical (unpaired) electrons. The summed E-state index contributed by atoms with van der Waals surface area (Å²) in [5.41, 5.74) is 0.896. The van der Waals surface area contributed by atoms with Gasteiger partial charge in [0.1, 0.15) is 0 Å². The summed E-state index contributed by atoms with van der Waals surface area (Å²) in [4.78, 5) is 0. The van der Waals surface area contributed by atoms with Crippen molar-refractivity contribution in [3.8, 4) is 0 Å². The molecular formula is C17H23Cl2NO. The smallest absolute Gasteiger partial charge is 0.0620 e. The number of hydrogen-bond acceptors (Lipinski definition) is 2. The van der Waals surface area contributed by atoms with Gasteiger partial charge in [0.2, 0.25) is 0 Å². The molecule has 21 heavy (non-hydrogen) atoms. The van der Waals surface area contributed by atoms with Gasteiger partial charge in [-0.1, -0.05) is 29.3 Å². The molecule has 1 saturated carbocycles. The fourth-order valence-corrected chi connectivity index (χ4v) is 4.40. The van der Waals surface area contributed by atoms with Crippen LogP contribution < -0.4 is 5.32 Å². The molecule has 2 aliphatic rings. The summed E-state index contributed by atoms with van der Waals surface area (Å²) in [7, 11) is 0. The average molecular weight is 328 g/mol. The minimum Gasteiger partial charge on any atom is -0.390 e. The van der Waals surface area contributed by atoms with Crippen molar-refractivity contribution in [1.82, 2.24) is 5.32 Å². The Labute approximate surface area is 136 Å². The average Bonchev–Trinajstić information content (AvgIpc) is 2.97. The van der Waals surface area contributed by atoms with Gasteiger partial charge in [-0.25, -0.2) is 0 Å². The van der Waals surface area contributed by atoms with Gasteiger partial charge < -0.3 is 10.4 Å². The minimum absolute atomic E-state index is 0.125. The van der Waals surface area contributed by atoms with Crippen LogP contribution in [0.2, 0.25) is 10.0 Å². The highest BCUT2D eigenvalue weighted by molar-refractivity contribution is 6.42. The highest BCUT2D eigenvalue weighted by atomic mass is 35.5. The van der Waals surface area contributed by atoms with Crippen molar-refractivity contribution < 1.29 is 5.11 Å². The van der Waals surface area contributed by atoms with Crippen LogP contribution in [0.1, 0.15) is 44.6 Å². The fraction of sp³-hybridized carbons (Fsp3) is 0.647. The summed E-state index contributed by atoms with van der Waals surface area (Å²) < 4.78 is 0. The zero-order valence-electron chi connectivity index (χ0n) is 12.5. The van der Waals surface area contributed by atoms with Crippen LogP contribution in [0.15, 0.2) is 18.2 Å². The number of aliphatic hydroxyl groups is 1. The molecular weight excluding hydrogens is 305 g/mol. The minimum atomic E-state index is -0.522. The van der Waals surface area contributed by atoms with E-state index in [4.69, 9.17) is 23.2 Å². The van der Waals surface area contributed by atoms with E-state index < -0.39 is 5.60 Å². The predicted molar refractivity (Wildman–Crippen MR) is 88.2 cm³/mol. The Kier molecular flexibility index (Phi) is 4.26. The lowest BCUT2D eigenvalue weighted by molar-refractivity contribution is -0.0105. The summed E-state index contributed by atoms with van der Waals surface area (Å²) in [6.45, 7) is 4.10. The lowest BCUT2D eigenvalue weighted by Gasteiger charge is -2.47. The van der Waals surface area contributed by atoms with Crippen molar-refractivity contribution in [1.29, 1.82) is 0 Å². The Morgan fingerprint density at radius 1 is 1.14 bits per heavy atom. The molecule has 0 bridgehead atoms. The Morgan fingerprint density at radius 3 is 2.43 bits per heavy atom. The van der Waals surface area contributed by atoms with Crippen LogP contribution >= 0.6 is 23.2 Å². The maximum Gasteiger partial charge on any atom is 0.0620 e. The van der Waals surface area contributed by atoms with Crippen LogP contribution in [0.3, 0.4) is 0 Å². The van der Waals surface area contributed by atoms with E-state index in [1.807, 2.05) is 19.1 Å². The SMILES string of the molecule is CC1(O)CCC(c2ccc(Cl)c(Cl)c2)(C2CCNC2)CC1. The zero-order valence-corrected chi connectivity index (χ0v) is 14.0. The highest BCUT2D eigenvalue weighted by Crippen LogP contribution is 2.50. The van der Waals surface area contributed by atoms with Crippen molar-refractivity contribution in [2.75, 3.05) is 13.1 Å². The standard InChI is InChI=1S/C17H23Cl2NO/c1-16(21)5-7-17(8-6-16,13-4-9-20-11-13)12-2-3-14(18)15(19)10-12/h2-3,10,13,20-21H,4-9,11H2,1H3. The van der Waals surface area contributed by atoms with Gasteiger partial charge in [-0.05, 0) is 81.1 Å². The number of benzene rings is 1. The summed E-state index contributed by atoms with van der Waals surface area (Å²) in [5, 5.41) is 15.1. The molecule has 2 N–H and O–H groups in total. The van der Waals surface area contributed by atoms with E-state index >= 15 is 0 Å². The summed E-state index contributed by atoms with van der Waals surface area (Å²) in [6, 6.07) is 6.09. The van der Waals surface area contributed by atoms with Crippen molar-refractivity contribution in [2.24, 2.45) is 5.92 Å². The molecule has 0 spiro atoms. The van der Waals surface area contributed by atoms with E-state index in [1.165, 1.54) is 12.0 Å². The second-order valence-corrected chi connectivity index (χ2v) is 7.79. The van der Waals surface area contributed by atoms with Crippen LogP contribution in [0.4, 0.5) is 0 Å². The molecule has 2 nitrogen and oxygen atoms in total. The first kappa shape index (κ1) is 15.6. The van der Waals surface area contributed by atoms with Gasteiger partial charge >= 0.3 is 0 Å². The van der Waals surface area contributed by atoms with Gasteiger partial charge in [0.15, 0.2) is 0 Å². The summed E-state index contributed by atoms with van der Waals surface area (Å²) in [5.74, 6) is 0.617. The van der Waals surface area contributed by atoms with Crippen LogP contribution in [0.25, 0.3) is 0 Å². The largest absolute Gasteiger partial charge is 0.390 e. The number of hydrogen-bond donors (Lipinski definition) is 2. The maximum absolute atomic E-state index is 10.3. The Bertz CT molecular complexity index is 514. The quantitative estimate of drug-likeness (QED) is 0.854. The van der Waals surface area contributed by atoms with E-state index in [2.05, 4.69) is 11.4 Å². The lowest BCUT2D eigenvalue weighted by atomic mass is 9.59. The Hall–Kier alpha value is -0.280. The molecule has 1 heterocycles. The zero-order chi connectivity index (χ0) is 15.1. The second-order valence-electron chi connectivity index (χ2n) is 6.97. The summed E-state index contributed by atoms with van der Waals surface area (Å²) >= 11 is 12.3. The molecule has 1 aromatic carbocycles. The summed E-state index contributed by atoms with van der Waals surface area (Å²) in [6.07, 6.45) is 4.94. The fourth-order valence-electron chi connectivity index (χ4n) is 4.10. The van der Waals surface area contributed by atoms with E-state index in [-0.39, 0.29) is 5.41 Å². The molecule has 1 aliphatic heterocycles. The van der Waals surface area contributed by atoms with E-state index in [0.29, 0.717) is 16.0 Å². The maximum atomic E-state index is 10.3. The number of halogens is 2. The second kappa shape index (κ2) is 5.73.